The third-order valence-electron chi connectivity index (χ3n) is 4.89. The van der Waals surface area contributed by atoms with Gasteiger partial charge in [0, 0.05) is 0 Å². The van der Waals surface area contributed by atoms with Gasteiger partial charge in [-0.1, -0.05) is 74.5 Å². The van der Waals surface area contributed by atoms with Crippen LogP contribution in [-0.2, 0) is 37.5 Å². The van der Waals surface area contributed by atoms with Gasteiger partial charge in [-0.3, -0.25) is 8.37 Å². The van der Waals surface area contributed by atoms with Gasteiger partial charge < -0.3 is 10.1 Å². The molecule has 2 aromatic rings. The maximum atomic E-state index is 12.3. The summed E-state index contributed by atoms with van der Waals surface area (Å²) in [6.45, 7) is 4.13. The van der Waals surface area contributed by atoms with Crippen LogP contribution in [-0.4, -0.2) is 28.6 Å². The Morgan fingerprint density at radius 1 is 1.03 bits per heavy atom. The molecule has 1 amide bonds. The number of alkyl carbamates (subject to hydrolysis) is 1. The maximum absolute atomic E-state index is 12.3. The number of hydrogen-bond donors (Lipinski definition) is 1. The second-order valence-electron chi connectivity index (χ2n) is 7.40. The number of amides is 1. The summed E-state index contributed by atoms with van der Waals surface area (Å²) in [7, 11) is 0. The lowest BCUT2D eigenvalue weighted by Gasteiger charge is -2.28. The molecule has 1 saturated heterocycles. The van der Waals surface area contributed by atoms with Gasteiger partial charge in [-0.25, -0.2) is 4.79 Å². The van der Waals surface area contributed by atoms with Crippen LogP contribution in [0.25, 0.3) is 0 Å². The van der Waals surface area contributed by atoms with E-state index in [0.29, 0.717) is 6.42 Å². The SMILES string of the molecule is CC(C)[C@H](NC(=O)OCc1ccccc1)[C@H]1OS(=O)O[C@@H]1CCc1ccccc1. The van der Waals surface area contributed by atoms with Crippen LogP contribution in [0.5, 0.6) is 0 Å². The topological polar surface area (TPSA) is 73.9 Å². The van der Waals surface area contributed by atoms with Gasteiger partial charge in [0.15, 0.2) is 0 Å². The molecule has 7 heteroatoms. The van der Waals surface area contributed by atoms with E-state index in [2.05, 4.69) is 5.32 Å². The largest absolute Gasteiger partial charge is 0.445 e. The minimum atomic E-state index is -1.82. The Morgan fingerprint density at radius 3 is 2.28 bits per heavy atom. The standard InChI is InChI=1S/C22H27NO5S/c1-16(2)20(23-22(24)26-15-18-11-7-4-8-12-18)21-19(27-29(25)28-21)14-13-17-9-5-3-6-10-17/h3-12,16,19-21H,13-15H2,1-2H3,(H,23,24)/t19-,20+,21+,29?/m1/s1. The molecule has 1 heterocycles. The normalized spacial score (nSPS) is 22.4. The molecule has 0 radical (unpaired) electrons. The molecule has 29 heavy (non-hydrogen) atoms. The molecule has 0 bridgehead atoms. The average Bonchev–Trinajstić information content (AvgIpc) is 3.10. The minimum absolute atomic E-state index is 0.0437. The molecule has 6 nitrogen and oxygen atoms in total. The number of benzene rings is 2. The minimum Gasteiger partial charge on any atom is -0.445 e. The van der Waals surface area contributed by atoms with Gasteiger partial charge >= 0.3 is 17.5 Å². The van der Waals surface area contributed by atoms with Crippen molar-refractivity contribution in [2.75, 3.05) is 0 Å². The summed E-state index contributed by atoms with van der Waals surface area (Å²) in [5.74, 6) is 0.0437. The Kier molecular flexibility index (Phi) is 7.80. The molecule has 0 saturated carbocycles. The van der Waals surface area contributed by atoms with Crippen LogP contribution in [0.2, 0.25) is 0 Å². The second-order valence-corrected chi connectivity index (χ2v) is 8.19. The number of nitrogens with one attached hydrogen (secondary N) is 1. The van der Waals surface area contributed by atoms with Crippen molar-refractivity contribution in [3.8, 4) is 0 Å². The number of ether oxygens (including phenoxy) is 1. The Morgan fingerprint density at radius 2 is 1.66 bits per heavy atom. The van der Waals surface area contributed by atoms with Crippen LogP contribution >= 0.6 is 0 Å². The van der Waals surface area contributed by atoms with Crippen molar-refractivity contribution < 1.29 is 22.1 Å². The number of carbonyl (C=O) groups excluding carboxylic acids is 1. The van der Waals surface area contributed by atoms with Gasteiger partial charge in [-0.2, -0.15) is 4.21 Å². The summed E-state index contributed by atoms with van der Waals surface area (Å²) >= 11 is -1.82. The fourth-order valence-corrected chi connectivity index (χ4v) is 4.20. The average molecular weight is 418 g/mol. The van der Waals surface area contributed by atoms with Crippen molar-refractivity contribution in [1.82, 2.24) is 5.32 Å². The Balaban J connectivity index is 1.59. The van der Waals surface area contributed by atoms with Crippen LogP contribution < -0.4 is 5.32 Å². The van der Waals surface area contributed by atoms with E-state index in [0.717, 1.165) is 12.0 Å². The first kappa shape index (κ1) is 21.5. The molecule has 3 rings (SSSR count). The monoisotopic (exact) mass is 417 g/mol. The number of aryl methyl sites for hydroxylation is 1. The molecule has 2 aromatic carbocycles. The predicted molar refractivity (Wildman–Crippen MR) is 111 cm³/mol. The van der Waals surface area contributed by atoms with E-state index in [1.807, 2.05) is 74.5 Å². The summed E-state index contributed by atoms with van der Waals surface area (Å²) in [4.78, 5) is 12.3. The van der Waals surface area contributed by atoms with Crippen LogP contribution in [0.1, 0.15) is 31.4 Å². The zero-order valence-corrected chi connectivity index (χ0v) is 17.5. The lowest BCUT2D eigenvalue weighted by Crippen LogP contribution is -2.50. The van der Waals surface area contributed by atoms with E-state index in [1.165, 1.54) is 5.56 Å². The van der Waals surface area contributed by atoms with E-state index in [-0.39, 0.29) is 24.7 Å². The lowest BCUT2D eigenvalue weighted by molar-refractivity contribution is 0.0792. The first-order valence-electron chi connectivity index (χ1n) is 9.80. The van der Waals surface area contributed by atoms with Crippen molar-refractivity contribution in [2.45, 2.75) is 51.5 Å². The Labute approximate surface area is 174 Å². The van der Waals surface area contributed by atoms with Gasteiger partial charge in [-0.05, 0) is 29.9 Å². The molecule has 1 aliphatic rings. The molecule has 1 unspecified atom stereocenters. The smallest absolute Gasteiger partial charge is 0.407 e. The van der Waals surface area contributed by atoms with Crippen LogP contribution in [0.3, 0.4) is 0 Å². The van der Waals surface area contributed by atoms with Gasteiger partial charge in [0.1, 0.15) is 18.8 Å². The zero-order chi connectivity index (χ0) is 20.6. The van der Waals surface area contributed by atoms with E-state index in [1.54, 1.807) is 0 Å². The maximum Gasteiger partial charge on any atom is 0.407 e. The molecule has 0 aliphatic carbocycles. The third-order valence-corrected chi connectivity index (χ3v) is 5.67. The third kappa shape index (κ3) is 6.39. The first-order valence-corrected chi connectivity index (χ1v) is 10.8. The van der Waals surface area contributed by atoms with E-state index in [9.17, 15) is 9.00 Å². The summed E-state index contributed by atoms with van der Waals surface area (Å²) < 4.78 is 28.3. The summed E-state index contributed by atoms with van der Waals surface area (Å²) in [5, 5.41) is 2.88. The highest BCUT2D eigenvalue weighted by Gasteiger charge is 2.42. The van der Waals surface area contributed by atoms with Gasteiger partial charge in [0.2, 0.25) is 0 Å². The van der Waals surface area contributed by atoms with Crippen molar-refractivity contribution >= 4 is 17.5 Å². The molecule has 0 spiro atoms. The summed E-state index contributed by atoms with van der Waals surface area (Å²) in [6.07, 6.45) is -0.00623. The molecular formula is C22H27NO5S. The van der Waals surface area contributed by atoms with Crippen molar-refractivity contribution in [3.05, 3.63) is 71.8 Å². The van der Waals surface area contributed by atoms with Gasteiger partial charge in [-0.15, -0.1) is 0 Å². The Bertz CT molecular complexity index is 799. The molecule has 1 fully saturated rings. The lowest BCUT2D eigenvalue weighted by atomic mass is 9.92. The second kappa shape index (κ2) is 10.5. The van der Waals surface area contributed by atoms with Crippen LogP contribution in [0, 0.1) is 5.92 Å². The molecule has 1 aliphatic heterocycles. The van der Waals surface area contributed by atoms with Crippen LogP contribution in [0.15, 0.2) is 60.7 Å². The fourth-order valence-electron chi connectivity index (χ4n) is 3.32. The number of hydrogen-bond acceptors (Lipinski definition) is 5. The van der Waals surface area contributed by atoms with Gasteiger partial charge in [0.25, 0.3) is 0 Å². The summed E-state index contributed by atoms with van der Waals surface area (Å²) in [6, 6.07) is 19.1. The molecular weight excluding hydrogens is 390 g/mol. The highest BCUT2D eigenvalue weighted by Crippen LogP contribution is 2.27. The first-order chi connectivity index (χ1) is 14.0. The quantitative estimate of drug-likeness (QED) is 0.704. The molecule has 0 aromatic heterocycles. The number of carbonyl (C=O) groups is 1. The highest BCUT2D eigenvalue weighted by atomic mass is 32.2. The van der Waals surface area contributed by atoms with E-state index < -0.39 is 23.6 Å². The molecule has 156 valence electrons. The zero-order valence-electron chi connectivity index (χ0n) is 16.7. The summed E-state index contributed by atoms with van der Waals surface area (Å²) in [5.41, 5.74) is 2.08. The van der Waals surface area contributed by atoms with E-state index in [4.69, 9.17) is 13.1 Å². The van der Waals surface area contributed by atoms with Crippen LogP contribution in [0.4, 0.5) is 4.79 Å². The molecule has 4 atom stereocenters. The fraction of sp³-hybridized carbons (Fsp3) is 0.409. The molecule has 1 N–H and O–H groups in total. The van der Waals surface area contributed by atoms with E-state index >= 15 is 0 Å². The van der Waals surface area contributed by atoms with Gasteiger partial charge in [0.05, 0.1) is 6.04 Å². The predicted octanol–water partition coefficient (Wildman–Crippen LogP) is 3.93. The van der Waals surface area contributed by atoms with Crippen molar-refractivity contribution in [3.63, 3.8) is 0 Å². The van der Waals surface area contributed by atoms with Crippen molar-refractivity contribution in [2.24, 2.45) is 5.92 Å². The van der Waals surface area contributed by atoms with Crippen molar-refractivity contribution in [1.29, 1.82) is 0 Å². The highest BCUT2D eigenvalue weighted by molar-refractivity contribution is 7.75. The Hall–Kier alpha value is -2.22. The number of rotatable bonds is 8.